The Morgan fingerprint density at radius 1 is 1.10 bits per heavy atom. The lowest BCUT2D eigenvalue weighted by Gasteiger charge is -2.30. The molecule has 8 nitrogen and oxygen atoms in total. The van der Waals surface area contributed by atoms with Crippen molar-refractivity contribution in [3.05, 3.63) is 0 Å². The predicted molar refractivity (Wildman–Crippen MR) is 104 cm³/mol. The summed E-state index contributed by atoms with van der Waals surface area (Å²) in [4.78, 5) is 18.4. The summed E-state index contributed by atoms with van der Waals surface area (Å²) in [6, 6.07) is 0. The van der Waals surface area contributed by atoms with Crippen LogP contribution in [0.1, 0.15) is 39.0 Å². The summed E-state index contributed by atoms with van der Waals surface area (Å²) in [5.41, 5.74) is -5.26. The molecule has 2 fully saturated rings. The Balaban J connectivity index is 1.77. The summed E-state index contributed by atoms with van der Waals surface area (Å²) < 4.78 is 61.3. The maximum Gasteiger partial charge on any atom is 0.511 e. The second-order valence-electron chi connectivity index (χ2n) is 7.28. The lowest BCUT2D eigenvalue weighted by molar-refractivity contribution is -0.129. The summed E-state index contributed by atoms with van der Waals surface area (Å²) in [6.45, 7) is 4.69. The second-order valence-corrected chi connectivity index (χ2v) is 9.21. The topological polar surface area (TPSA) is 94.1 Å². The number of guanidine groups is 1. The van der Waals surface area contributed by atoms with Crippen LogP contribution in [0, 0.1) is 5.92 Å². The third kappa shape index (κ3) is 6.73. The molecule has 2 rings (SSSR count). The Kier molecular flexibility index (Phi) is 8.56. The largest absolute Gasteiger partial charge is 0.511 e. The highest BCUT2D eigenvalue weighted by Crippen LogP contribution is 2.30. The first kappa shape index (κ1) is 23.7. The normalized spacial score (nSPS) is 20.1. The van der Waals surface area contributed by atoms with Crippen molar-refractivity contribution < 1.29 is 26.4 Å². The molecule has 0 saturated carbocycles. The van der Waals surface area contributed by atoms with Crippen LogP contribution in [-0.2, 0) is 14.8 Å². The zero-order valence-electron chi connectivity index (χ0n) is 16.7. The zero-order chi connectivity index (χ0) is 21.5. The number of carbonyl (C=O) groups excluding carboxylic acids is 1. The molecule has 2 saturated heterocycles. The van der Waals surface area contributed by atoms with Crippen molar-refractivity contribution in [3.8, 4) is 0 Å². The van der Waals surface area contributed by atoms with E-state index in [9.17, 15) is 26.4 Å². The van der Waals surface area contributed by atoms with E-state index in [1.165, 1.54) is 0 Å². The molecule has 0 aliphatic carbocycles. The Morgan fingerprint density at radius 3 is 2.28 bits per heavy atom. The lowest BCUT2D eigenvalue weighted by Crippen LogP contribution is -2.45. The molecule has 0 unspecified atom stereocenters. The summed E-state index contributed by atoms with van der Waals surface area (Å²) in [6.07, 6.45) is 3.12. The van der Waals surface area contributed by atoms with Crippen molar-refractivity contribution in [3.63, 3.8) is 0 Å². The molecule has 2 aliphatic rings. The standard InChI is InChI=1S/C17H30F3N5O3S/c1-2-21-16(22-8-5-15(26)24-9-3-4-10-24)23-13-14-6-11-25(12-7-14)29(27,28)17(18,19)20/h14H,2-13H2,1H3,(H2,21,22,23). The minimum absolute atomic E-state index is 0.0105. The minimum atomic E-state index is -5.26. The molecule has 0 radical (unpaired) electrons. The van der Waals surface area contributed by atoms with Gasteiger partial charge >= 0.3 is 15.5 Å². The number of carbonyl (C=O) groups is 1. The smallest absolute Gasteiger partial charge is 0.357 e. The SMILES string of the molecule is CCNC(=NCC1CCN(S(=O)(=O)C(F)(F)F)CC1)NCCC(=O)N1CCCC1. The van der Waals surface area contributed by atoms with Gasteiger partial charge in [0.2, 0.25) is 5.91 Å². The fraction of sp³-hybridized carbons (Fsp3) is 0.882. The molecule has 2 aliphatic heterocycles. The van der Waals surface area contributed by atoms with E-state index >= 15 is 0 Å². The molecule has 2 heterocycles. The van der Waals surface area contributed by atoms with Gasteiger partial charge in [-0.2, -0.15) is 17.5 Å². The van der Waals surface area contributed by atoms with Crippen molar-refractivity contribution >= 4 is 21.9 Å². The van der Waals surface area contributed by atoms with Crippen LogP contribution in [0.4, 0.5) is 13.2 Å². The maximum atomic E-state index is 12.6. The van der Waals surface area contributed by atoms with E-state index < -0.39 is 15.5 Å². The first-order valence-electron chi connectivity index (χ1n) is 10.0. The minimum Gasteiger partial charge on any atom is -0.357 e. The highest BCUT2D eigenvalue weighted by molar-refractivity contribution is 7.90. The second kappa shape index (κ2) is 10.5. The number of rotatable bonds is 7. The molecule has 2 N–H and O–H groups in total. The Morgan fingerprint density at radius 2 is 1.72 bits per heavy atom. The van der Waals surface area contributed by atoms with Gasteiger partial charge in [0.1, 0.15) is 0 Å². The van der Waals surface area contributed by atoms with Crippen LogP contribution in [0.15, 0.2) is 4.99 Å². The van der Waals surface area contributed by atoms with Crippen LogP contribution in [0.2, 0.25) is 0 Å². The van der Waals surface area contributed by atoms with Gasteiger partial charge in [-0.25, -0.2) is 8.42 Å². The highest BCUT2D eigenvalue weighted by Gasteiger charge is 2.50. The number of hydrogen-bond donors (Lipinski definition) is 2. The van der Waals surface area contributed by atoms with Crippen LogP contribution >= 0.6 is 0 Å². The van der Waals surface area contributed by atoms with Gasteiger partial charge in [0.25, 0.3) is 0 Å². The molecule has 168 valence electrons. The number of piperidine rings is 1. The summed E-state index contributed by atoms with van der Waals surface area (Å²) in [5.74, 6) is 0.674. The molecular weight excluding hydrogens is 411 g/mol. The third-order valence-corrected chi connectivity index (χ3v) is 6.78. The monoisotopic (exact) mass is 441 g/mol. The van der Waals surface area contributed by atoms with Crippen molar-refractivity contribution in [2.75, 3.05) is 45.8 Å². The molecule has 0 aromatic heterocycles. The number of nitrogens with zero attached hydrogens (tertiary/aromatic N) is 3. The van der Waals surface area contributed by atoms with Crippen LogP contribution in [0.5, 0.6) is 0 Å². The molecular formula is C17H30F3N5O3S. The molecule has 0 atom stereocenters. The van der Waals surface area contributed by atoms with Crippen LogP contribution in [0.3, 0.4) is 0 Å². The number of sulfonamides is 1. The van der Waals surface area contributed by atoms with Crippen molar-refractivity contribution in [2.24, 2.45) is 10.9 Å². The van der Waals surface area contributed by atoms with E-state index in [1.54, 1.807) is 0 Å². The highest BCUT2D eigenvalue weighted by atomic mass is 32.2. The van der Waals surface area contributed by atoms with Crippen LogP contribution in [-0.4, -0.2) is 80.8 Å². The maximum absolute atomic E-state index is 12.6. The quantitative estimate of drug-likeness (QED) is 0.456. The average molecular weight is 442 g/mol. The van der Waals surface area contributed by atoms with Gasteiger partial charge in [0.05, 0.1) is 0 Å². The molecule has 0 aromatic rings. The Bertz CT molecular complexity index is 670. The fourth-order valence-corrected chi connectivity index (χ4v) is 4.44. The van der Waals surface area contributed by atoms with E-state index in [-0.39, 0.29) is 24.9 Å². The number of aliphatic imine (C=N–C) groups is 1. The zero-order valence-corrected chi connectivity index (χ0v) is 17.5. The Labute approximate surface area is 170 Å². The van der Waals surface area contributed by atoms with Crippen LogP contribution < -0.4 is 10.6 Å². The third-order valence-electron chi connectivity index (χ3n) is 5.15. The first-order chi connectivity index (χ1) is 13.6. The van der Waals surface area contributed by atoms with Gasteiger partial charge in [-0.05, 0) is 38.5 Å². The fourth-order valence-electron chi connectivity index (χ4n) is 3.45. The predicted octanol–water partition coefficient (Wildman–Crippen LogP) is 1.12. The van der Waals surface area contributed by atoms with Gasteiger partial charge in [0.15, 0.2) is 5.96 Å². The Hall–Kier alpha value is -1.56. The van der Waals surface area contributed by atoms with Gasteiger partial charge in [0, 0.05) is 52.2 Å². The summed E-state index contributed by atoms with van der Waals surface area (Å²) >= 11 is 0. The molecule has 0 aromatic carbocycles. The van der Waals surface area contributed by atoms with E-state index in [2.05, 4.69) is 15.6 Å². The van der Waals surface area contributed by atoms with Crippen molar-refractivity contribution in [1.29, 1.82) is 0 Å². The summed E-state index contributed by atoms with van der Waals surface area (Å²) in [7, 11) is -5.25. The number of amides is 1. The molecule has 12 heteroatoms. The molecule has 1 amide bonds. The number of halogens is 3. The van der Waals surface area contributed by atoms with E-state index in [0.29, 0.717) is 49.2 Å². The number of nitrogens with one attached hydrogen (secondary N) is 2. The van der Waals surface area contributed by atoms with Crippen molar-refractivity contribution in [2.45, 2.75) is 44.5 Å². The van der Waals surface area contributed by atoms with Gasteiger partial charge in [-0.1, -0.05) is 0 Å². The number of hydrogen-bond acceptors (Lipinski definition) is 4. The number of alkyl halides is 3. The van der Waals surface area contributed by atoms with Crippen LogP contribution in [0.25, 0.3) is 0 Å². The van der Waals surface area contributed by atoms with E-state index in [0.717, 1.165) is 25.9 Å². The van der Waals surface area contributed by atoms with Gasteiger partial charge < -0.3 is 15.5 Å². The van der Waals surface area contributed by atoms with Gasteiger partial charge in [-0.3, -0.25) is 9.79 Å². The molecule has 29 heavy (non-hydrogen) atoms. The van der Waals surface area contributed by atoms with Gasteiger partial charge in [-0.15, -0.1) is 0 Å². The average Bonchev–Trinajstić information content (AvgIpc) is 3.20. The molecule has 0 bridgehead atoms. The van der Waals surface area contributed by atoms with E-state index in [1.807, 2.05) is 11.8 Å². The first-order valence-corrected chi connectivity index (χ1v) is 11.5. The molecule has 0 spiro atoms. The van der Waals surface area contributed by atoms with Crippen molar-refractivity contribution in [1.82, 2.24) is 19.8 Å². The summed E-state index contributed by atoms with van der Waals surface area (Å²) in [5, 5.41) is 6.18. The van der Waals surface area contributed by atoms with E-state index in [4.69, 9.17) is 0 Å². The number of likely N-dealkylation sites (tertiary alicyclic amines) is 1. The lowest BCUT2D eigenvalue weighted by atomic mass is 9.98.